The highest BCUT2D eigenvalue weighted by Crippen LogP contribution is 2.20. The Morgan fingerprint density at radius 2 is 2.00 bits per heavy atom. The van der Waals surface area contributed by atoms with E-state index in [1.54, 1.807) is 23.3 Å². The van der Waals surface area contributed by atoms with Gasteiger partial charge in [-0.3, -0.25) is 14.5 Å². The third kappa shape index (κ3) is 3.29. The molecule has 2 heterocycles. The number of pyridine rings is 1. The largest absolute Gasteiger partial charge is 0.322 e. The molecule has 0 unspecified atom stereocenters. The lowest BCUT2D eigenvalue weighted by Crippen LogP contribution is -2.13. The number of nitrogens with zero attached hydrogens (tertiary/aromatic N) is 3. The molecule has 0 aliphatic heterocycles. The van der Waals surface area contributed by atoms with Gasteiger partial charge in [0, 0.05) is 42.5 Å². The van der Waals surface area contributed by atoms with Gasteiger partial charge in [-0.25, -0.2) is 0 Å². The fourth-order valence-corrected chi connectivity index (χ4v) is 2.44. The molecule has 3 aromatic rings. The minimum absolute atomic E-state index is 0.163. The average molecular weight is 306 g/mol. The Balaban J connectivity index is 1.85. The maximum absolute atomic E-state index is 12.5. The second-order valence-corrected chi connectivity index (χ2v) is 5.33. The molecule has 0 saturated heterocycles. The van der Waals surface area contributed by atoms with Crippen LogP contribution in [0, 0.1) is 0 Å². The molecule has 2 aromatic heterocycles. The Labute approximate surface area is 135 Å². The Morgan fingerprint density at radius 3 is 2.74 bits per heavy atom. The summed E-state index contributed by atoms with van der Waals surface area (Å²) in [5.74, 6) is -0.163. The molecular weight excluding hydrogens is 288 g/mol. The number of nitrogens with one attached hydrogen (secondary N) is 1. The lowest BCUT2D eigenvalue weighted by molar-refractivity contribution is 0.102. The Bertz CT molecular complexity index is 838. The van der Waals surface area contributed by atoms with Gasteiger partial charge in [0.2, 0.25) is 0 Å². The van der Waals surface area contributed by atoms with Gasteiger partial charge in [0.1, 0.15) is 0 Å². The number of rotatable bonds is 4. The predicted molar refractivity (Wildman–Crippen MR) is 90.2 cm³/mol. The molecular formula is C18H18N4O. The molecule has 1 N–H and O–H groups in total. The summed E-state index contributed by atoms with van der Waals surface area (Å²) in [4.78, 5) is 16.7. The summed E-state index contributed by atoms with van der Waals surface area (Å²) in [5, 5.41) is 7.11. The third-order valence-electron chi connectivity index (χ3n) is 3.69. The molecule has 0 bridgehead atoms. The van der Waals surface area contributed by atoms with E-state index in [9.17, 15) is 4.79 Å². The fraction of sp³-hybridized carbons (Fsp3) is 0.167. The molecule has 0 saturated carbocycles. The lowest BCUT2D eigenvalue weighted by atomic mass is 10.1. The number of carbonyl (C=O) groups excluding carboxylic acids is 1. The zero-order chi connectivity index (χ0) is 16.2. The van der Waals surface area contributed by atoms with Crippen molar-refractivity contribution in [2.45, 2.75) is 13.3 Å². The minimum Gasteiger partial charge on any atom is -0.322 e. The molecule has 1 amide bonds. The maximum atomic E-state index is 12.5. The molecule has 116 valence electrons. The molecule has 23 heavy (non-hydrogen) atoms. The maximum Gasteiger partial charge on any atom is 0.257 e. The van der Waals surface area contributed by atoms with E-state index in [-0.39, 0.29) is 5.91 Å². The Morgan fingerprint density at radius 1 is 1.17 bits per heavy atom. The van der Waals surface area contributed by atoms with Gasteiger partial charge in [-0.2, -0.15) is 5.10 Å². The van der Waals surface area contributed by atoms with Crippen LogP contribution in [0.2, 0.25) is 0 Å². The van der Waals surface area contributed by atoms with Crippen LogP contribution in [0.1, 0.15) is 22.8 Å². The van der Waals surface area contributed by atoms with E-state index in [0.717, 1.165) is 28.8 Å². The first-order chi connectivity index (χ1) is 11.2. The highest BCUT2D eigenvalue weighted by Gasteiger charge is 2.10. The first-order valence-corrected chi connectivity index (χ1v) is 7.50. The SMILES string of the molecule is CCc1ccccc1NC(=O)c1cncc(-c2cnn(C)c2)c1. The van der Waals surface area contributed by atoms with Gasteiger partial charge in [0.15, 0.2) is 0 Å². The number of carbonyl (C=O) groups is 1. The highest BCUT2D eigenvalue weighted by atomic mass is 16.1. The zero-order valence-electron chi connectivity index (χ0n) is 13.2. The van der Waals surface area contributed by atoms with Crippen molar-refractivity contribution in [3.8, 4) is 11.1 Å². The van der Waals surface area contributed by atoms with E-state index < -0.39 is 0 Å². The number of anilines is 1. The van der Waals surface area contributed by atoms with E-state index in [0.29, 0.717) is 5.56 Å². The average Bonchev–Trinajstić information content (AvgIpc) is 3.02. The topological polar surface area (TPSA) is 59.8 Å². The predicted octanol–water partition coefficient (Wildman–Crippen LogP) is 3.30. The van der Waals surface area contributed by atoms with E-state index >= 15 is 0 Å². The van der Waals surface area contributed by atoms with Gasteiger partial charge >= 0.3 is 0 Å². The van der Waals surface area contributed by atoms with Crippen LogP contribution < -0.4 is 5.32 Å². The molecule has 0 atom stereocenters. The standard InChI is InChI=1S/C18H18N4O/c1-3-13-6-4-5-7-17(13)21-18(23)15-8-14(9-19-10-15)16-11-20-22(2)12-16/h4-12H,3H2,1-2H3,(H,21,23). The zero-order valence-corrected chi connectivity index (χ0v) is 13.2. The molecule has 0 radical (unpaired) electrons. The van der Waals surface area contributed by atoms with Crippen molar-refractivity contribution >= 4 is 11.6 Å². The molecule has 0 aliphatic rings. The summed E-state index contributed by atoms with van der Waals surface area (Å²) in [6.45, 7) is 2.07. The molecule has 0 fully saturated rings. The van der Waals surface area contributed by atoms with Gasteiger partial charge in [0.25, 0.3) is 5.91 Å². The fourth-order valence-electron chi connectivity index (χ4n) is 2.44. The number of benzene rings is 1. The van der Waals surface area contributed by atoms with Gasteiger partial charge in [0.05, 0.1) is 11.8 Å². The molecule has 1 aromatic carbocycles. The summed E-state index contributed by atoms with van der Waals surface area (Å²) < 4.78 is 1.72. The van der Waals surface area contributed by atoms with Crippen LogP contribution in [0.4, 0.5) is 5.69 Å². The van der Waals surface area contributed by atoms with E-state index in [1.807, 2.05) is 43.6 Å². The Kier molecular flexibility index (Phi) is 4.19. The van der Waals surface area contributed by atoms with Crippen molar-refractivity contribution in [3.63, 3.8) is 0 Å². The molecule has 5 heteroatoms. The summed E-state index contributed by atoms with van der Waals surface area (Å²) in [6.07, 6.45) is 7.82. The van der Waals surface area contributed by atoms with Crippen molar-refractivity contribution < 1.29 is 4.79 Å². The number of hydrogen-bond donors (Lipinski definition) is 1. The molecule has 0 spiro atoms. The van der Waals surface area contributed by atoms with E-state index in [1.165, 1.54) is 0 Å². The van der Waals surface area contributed by atoms with Crippen molar-refractivity contribution in [1.82, 2.24) is 14.8 Å². The van der Waals surface area contributed by atoms with Crippen LogP contribution in [-0.2, 0) is 13.5 Å². The van der Waals surface area contributed by atoms with Crippen molar-refractivity contribution in [3.05, 3.63) is 66.2 Å². The van der Waals surface area contributed by atoms with Crippen molar-refractivity contribution in [1.29, 1.82) is 0 Å². The summed E-state index contributed by atoms with van der Waals surface area (Å²) >= 11 is 0. The second kappa shape index (κ2) is 6.44. The Hall–Kier alpha value is -2.95. The second-order valence-electron chi connectivity index (χ2n) is 5.33. The lowest BCUT2D eigenvalue weighted by Gasteiger charge is -2.10. The van der Waals surface area contributed by atoms with Gasteiger partial charge < -0.3 is 5.32 Å². The number of aryl methyl sites for hydroxylation is 2. The number of aromatic nitrogens is 3. The summed E-state index contributed by atoms with van der Waals surface area (Å²) in [6, 6.07) is 9.64. The van der Waals surface area contributed by atoms with Gasteiger partial charge in [-0.15, -0.1) is 0 Å². The normalized spacial score (nSPS) is 10.5. The molecule has 5 nitrogen and oxygen atoms in total. The van der Waals surface area contributed by atoms with Gasteiger partial charge in [-0.1, -0.05) is 25.1 Å². The van der Waals surface area contributed by atoms with Crippen LogP contribution in [0.3, 0.4) is 0 Å². The summed E-state index contributed by atoms with van der Waals surface area (Å²) in [7, 11) is 1.86. The highest BCUT2D eigenvalue weighted by molar-refractivity contribution is 6.05. The number of para-hydroxylation sites is 1. The van der Waals surface area contributed by atoms with Crippen molar-refractivity contribution in [2.24, 2.45) is 7.05 Å². The van der Waals surface area contributed by atoms with Crippen LogP contribution >= 0.6 is 0 Å². The quantitative estimate of drug-likeness (QED) is 0.804. The minimum atomic E-state index is -0.163. The summed E-state index contributed by atoms with van der Waals surface area (Å²) in [5.41, 5.74) is 4.28. The van der Waals surface area contributed by atoms with E-state index in [4.69, 9.17) is 0 Å². The van der Waals surface area contributed by atoms with Crippen LogP contribution in [0.25, 0.3) is 11.1 Å². The number of amides is 1. The smallest absolute Gasteiger partial charge is 0.257 e. The van der Waals surface area contributed by atoms with E-state index in [2.05, 4.69) is 22.3 Å². The van der Waals surface area contributed by atoms with Crippen LogP contribution in [0.5, 0.6) is 0 Å². The van der Waals surface area contributed by atoms with Crippen LogP contribution in [0.15, 0.2) is 55.1 Å². The van der Waals surface area contributed by atoms with Crippen molar-refractivity contribution in [2.75, 3.05) is 5.32 Å². The third-order valence-corrected chi connectivity index (χ3v) is 3.69. The first-order valence-electron chi connectivity index (χ1n) is 7.50. The monoisotopic (exact) mass is 306 g/mol. The molecule has 3 rings (SSSR count). The van der Waals surface area contributed by atoms with Gasteiger partial charge in [-0.05, 0) is 24.1 Å². The number of hydrogen-bond acceptors (Lipinski definition) is 3. The van der Waals surface area contributed by atoms with Crippen LogP contribution in [-0.4, -0.2) is 20.7 Å². The molecule has 0 aliphatic carbocycles. The first kappa shape index (κ1) is 15.0.